The Morgan fingerprint density at radius 1 is 1.27 bits per heavy atom. The van der Waals surface area contributed by atoms with Crippen LogP contribution in [0.25, 0.3) is 10.9 Å². The lowest BCUT2D eigenvalue weighted by molar-refractivity contribution is 0.233. The van der Waals surface area contributed by atoms with E-state index in [0.29, 0.717) is 30.6 Å². The van der Waals surface area contributed by atoms with Gasteiger partial charge in [0.25, 0.3) is 5.56 Å². The quantitative estimate of drug-likeness (QED) is 0.565. The molecule has 0 aliphatic rings. The summed E-state index contributed by atoms with van der Waals surface area (Å²) < 4.78 is 13.5. The molecule has 2 N–H and O–H groups in total. The standard InChI is InChI=1S/C21H30N2O3/c1-6-7-15(4)13-26-20-19(25-11-10-14(2)3)17-9-8-16(22)12-18(17)23(5)21(20)24/h8-10,12,15H,6-7,11,13,22H2,1-5H3. The molecule has 1 aromatic carbocycles. The monoisotopic (exact) mass is 358 g/mol. The topological polar surface area (TPSA) is 66.5 Å². The molecule has 0 radical (unpaired) electrons. The van der Waals surface area contributed by atoms with Crippen molar-refractivity contribution in [1.29, 1.82) is 0 Å². The molecule has 2 aromatic rings. The number of nitrogen functional groups attached to an aromatic ring is 1. The average Bonchev–Trinajstić information content (AvgIpc) is 2.58. The summed E-state index contributed by atoms with van der Waals surface area (Å²) in [5, 5.41) is 0.821. The molecule has 1 aromatic heterocycles. The highest BCUT2D eigenvalue weighted by Gasteiger charge is 2.19. The summed E-state index contributed by atoms with van der Waals surface area (Å²) in [4.78, 5) is 12.9. The van der Waals surface area contributed by atoms with E-state index in [9.17, 15) is 4.79 Å². The highest BCUT2D eigenvalue weighted by atomic mass is 16.5. The van der Waals surface area contributed by atoms with Gasteiger partial charge in [0.2, 0.25) is 5.75 Å². The Hall–Kier alpha value is -2.43. The lowest BCUT2D eigenvalue weighted by atomic mass is 10.1. The second-order valence-corrected chi connectivity index (χ2v) is 7.10. The predicted octanol–water partition coefficient (Wildman–Crippen LogP) is 4.28. The summed E-state index contributed by atoms with van der Waals surface area (Å²) in [5.41, 5.74) is 8.19. The summed E-state index contributed by atoms with van der Waals surface area (Å²) in [6.07, 6.45) is 4.12. The SMILES string of the molecule is CCCC(C)COc1c(OCC=C(C)C)c2ccc(N)cc2n(C)c1=O. The van der Waals surface area contributed by atoms with Gasteiger partial charge in [0.1, 0.15) is 6.61 Å². The van der Waals surface area contributed by atoms with Gasteiger partial charge in [-0.05, 0) is 50.5 Å². The van der Waals surface area contributed by atoms with Crippen molar-refractivity contribution >= 4 is 16.6 Å². The van der Waals surface area contributed by atoms with Crippen LogP contribution >= 0.6 is 0 Å². The van der Waals surface area contributed by atoms with Crippen LogP contribution in [0, 0.1) is 5.92 Å². The van der Waals surface area contributed by atoms with Crippen LogP contribution < -0.4 is 20.8 Å². The van der Waals surface area contributed by atoms with E-state index in [1.54, 1.807) is 17.7 Å². The molecule has 26 heavy (non-hydrogen) atoms. The first-order chi connectivity index (χ1) is 12.3. The minimum atomic E-state index is -0.209. The number of ether oxygens (including phenoxy) is 2. The summed E-state index contributed by atoms with van der Waals surface area (Å²) >= 11 is 0. The van der Waals surface area contributed by atoms with Gasteiger partial charge in [0, 0.05) is 18.1 Å². The maximum absolute atomic E-state index is 12.9. The lowest BCUT2D eigenvalue weighted by Gasteiger charge is -2.18. The number of allylic oxidation sites excluding steroid dienone is 1. The van der Waals surface area contributed by atoms with E-state index in [1.807, 2.05) is 32.1 Å². The molecule has 0 saturated carbocycles. The Kier molecular flexibility index (Phi) is 6.72. The Morgan fingerprint density at radius 3 is 2.65 bits per heavy atom. The molecule has 5 nitrogen and oxygen atoms in total. The van der Waals surface area contributed by atoms with Crippen molar-refractivity contribution < 1.29 is 9.47 Å². The average molecular weight is 358 g/mol. The molecule has 142 valence electrons. The van der Waals surface area contributed by atoms with Gasteiger partial charge in [-0.2, -0.15) is 0 Å². The van der Waals surface area contributed by atoms with Gasteiger partial charge in [-0.1, -0.05) is 25.8 Å². The third-order valence-electron chi connectivity index (χ3n) is 4.35. The highest BCUT2D eigenvalue weighted by Crippen LogP contribution is 2.34. The van der Waals surface area contributed by atoms with Gasteiger partial charge in [-0.3, -0.25) is 4.79 Å². The smallest absolute Gasteiger partial charge is 0.297 e. The van der Waals surface area contributed by atoms with Crippen LogP contribution in [-0.4, -0.2) is 17.8 Å². The maximum atomic E-state index is 12.9. The van der Waals surface area contributed by atoms with Crippen molar-refractivity contribution in [2.75, 3.05) is 18.9 Å². The van der Waals surface area contributed by atoms with Gasteiger partial charge in [-0.15, -0.1) is 0 Å². The number of nitrogens with two attached hydrogens (primary N) is 1. The molecular formula is C21H30N2O3. The maximum Gasteiger partial charge on any atom is 0.297 e. The molecule has 0 amide bonds. The zero-order valence-corrected chi connectivity index (χ0v) is 16.5. The molecular weight excluding hydrogens is 328 g/mol. The number of rotatable bonds is 8. The van der Waals surface area contributed by atoms with Crippen LogP contribution in [0.4, 0.5) is 5.69 Å². The second-order valence-electron chi connectivity index (χ2n) is 7.10. The van der Waals surface area contributed by atoms with E-state index >= 15 is 0 Å². The summed E-state index contributed by atoms with van der Waals surface area (Å²) in [7, 11) is 1.73. The van der Waals surface area contributed by atoms with Crippen LogP contribution in [0.1, 0.15) is 40.5 Å². The van der Waals surface area contributed by atoms with Crippen molar-refractivity contribution in [3.8, 4) is 11.5 Å². The van der Waals surface area contributed by atoms with E-state index < -0.39 is 0 Å². The zero-order chi connectivity index (χ0) is 19.3. The third-order valence-corrected chi connectivity index (χ3v) is 4.35. The number of anilines is 1. The molecule has 0 fully saturated rings. The molecule has 5 heteroatoms. The van der Waals surface area contributed by atoms with Gasteiger partial charge in [-0.25, -0.2) is 0 Å². The summed E-state index contributed by atoms with van der Waals surface area (Å²) in [6, 6.07) is 5.47. The molecule has 0 saturated heterocycles. The van der Waals surface area contributed by atoms with E-state index in [2.05, 4.69) is 13.8 Å². The first kappa shape index (κ1) is 19.9. The number of aromatic nitrogens is 1. The zero-order valence-electron chi connectivity index (χ0n) is 16.5. The normalized spacial score (nSPS) is 12.0. The minimum Gasteiger partial charge on any atom is -0.485 e. The Bertz CT molecular complexity index is 848. The molecule has 0 aliphatic heterocycles. The van der Waals surface area contributed by atoms with Crippen molar-refractivity contribution in [1.82, 2.24) is 4.57 Å². The number of aryl methyl sites for hydroxylation is 1. The van der Waals surface area contributed by atoms with E-state index in [-0.39, 0.29) is 11.3 Å². The molecule has 1 heterocycles. The van der Waals surface area contributed by atoms with Crippen molar-refractivity contribution in [2.24, 2.45) is 13.0 Å². The summed E-state index contributed by atoms with van der Waals surface area (Å²) in [5.74, 6) is 1.14. The Labute approximate surface area is 155 Å². The first-order valence-electron chi connectivity index (χ1n) is 9.16. The molecule has 1 unspecified atom stereocenters. The molecule has 2 rings (SSSR count). The predicted molar refractivity (Wildman–Crippen MR) is 108 cm³/mol. The van der Waals surface area contributed by atoms with E-state index in [4.69, 9.17) is 15.2 Å². The first-order valence-corrected chi connectivity index (χ1v) is 9.16. The number of fused-ring (bicyclic) bond motifs is 1. The number of nitrogens with zero attached hydrogens (tertiary/aromatic N) is 1. The fraction of sp³-hybridized carbons (Fsp3) is 0.476. The van der Waals surface area contributed by atoms with Crippen molar-refractivity contribution in [3.05, 3.63) is 40.2 Å². The fourth-order valence-corrected chi connectivity index (χ4v) is 2.86. The molecule has 0 spiro atoms. The highest BCUT2D eigenvalue weighted by molar-refractivity contribution is 5.90. The minimum absolute atomic E-state index is 0.209. The lowest BCUT2D eigenvalue weighted by Crippen LogP contribution is -2.23. The van der Waals surface area contributed by atoms with Crippen LogP contribution in [0.5, 0.6) is 11.5 Å². The van der Waals surface area contributed by atoms with E-state index in [1.165, 1.54) is 0 Å². The number of pyridine rings is 1. The van der Waals surface area contributed by atoms with Crippen LogP contribution in [0.2, 0.25) is 0 Å². The second kappa shape index (κ2) is 8.79. The van der Waals surface area contributed by atoms with Crippen LogP contribution in [0.15, 0.2) is 34.6 Å². The van der Waals surface area contributed by atoms with Crippen molar-refractivity contribution in [3.63, 3.8) is 0 Å². The largest absolute Gasteiger partial charge is 0.485 e. The molecule has 0 bridgehead atoms. The number of hydrogen-bond acceptors (Lipinski definition) is 4. The number of benzene rings is 1. The molecule has 0 aliphatic carbocycles. The Morgan fingerprint density at radius 2 is 2.00 bits per heavy atom. The van der Waals surface area contributed by atoms with Crippen molar-refractivity contribution in [2.45, 2.75) is 40.5 Å². The van der Waals surface area contributed by atoms with Crippen LogP contribution in [0.3, 0.4) is 0 Å². The van der Waals surface area contributed by atoms with Gasteiger partial charge < -0.3 is 19.8 Å². The van der Waals surface area contributed by atoms with E-state index in [0.717, 1.165) is 29.3 Å². The van der Waals surface area contributed by atoms with Crippen LogP contribution in [-0.2, 0) is 7.05 Å². The van der Waals surface area contributed by atoms with Gasteiger partial charge in [0.05, 0.1) is 12.1 Å². The third kappa shape index (κ3) is 4.59. The van der Waals surface area contributed by atoms with Gasteiger partial charge >= 0.3 is 0 Å². The Balaban J connectivity index is 2.52. The molecule has 1 atom stereocenters. The summed E-state index contributed by atoms with van der Waals surface area (Å²) in [6.45, 7) is 9.16. The fourth-order valence-electron chi connectivity index (χ4n) is 2.86. The van der Waals surface area contributed by atoms with Gasteiger partial charge in [0.15, 0.2) is 5.75 Å². The number of hydrogen-bond donors (Lipinski definition) is 1.